The molecular formula is C10H11N7O. The van der Waals surface area contributed by atoms with Crippen LogP contribution in [0.25, 0.3) is 11.0 Å². The largest absolute Gasteiger partial charge is 0.394 e. The molecule has 3 N–H and O–H groups in total. The standard InChI is InChI=1S/C10H11N7O/c18-2-1-17-6-8(5-13-17)14-10-11-3-7-4-12-16-9(7)15-10/h3-6,18H,1-2H2,(H2,11,12,14,15,16). The maximum Gasteiger partial charge on any atom is 0.229 e. The highest BCUT2D eigenvalue weighted by Gasteiger charge is 2.03. The Labute approximate surface area is 102 Å². The van der Waals surface area contributed by atoms with Gasteiger partial charge in [0.25, 0.3) is 0 Å². The third-order valence-electron chi connectivity index (χ3n) is 2.41. The molecule has 0 unspecified atom stereocenters. The van der Waals surface area contributed by atoms with E-state index in [1.165, 1.54) is 0 Å². The molecule has 0 aliphatic rings. The van der Waals surface area contributed by atoms with Gasteiger partial charge < -0.3 is 10.4 Å². The number of aliphatic hydroxyl groups excluding tert-OH is 1. The molecule has 0 aromatic carbocycles. The zero-order chi connectivity index (χ0) is 12.4. The smallest absolute Gasteiger partial charge is 0.229 e. The monoisotopic (exact) mass is 245 g/mol. The molecule has 0 fully saturated rings. The fraction of sp³-hybridized carbons (Fsp3) is 0.200. The van der Waals surface area contributed by atoms with Crippen molar-refractivity contribution in [2.75, 3.05) is 11.9 Å². The van der Waals surface area contributed by atoms with Crippen LogP contribution in [-0.2, 0) is 6.54 Å². The van der Waals surface area contributed by atoms with Crippen LogP contribution in [0.3, 0.4) is 0 Å². The van der Waals surface area contributed by atoms with Crippen LogP contribution in [0.4, 0.5) is 11.6 Å². The Hall–Kier alpha value is -2.48. The highest BCUT2D eigenvalue weighted by Crippen LogP contribution is 2.13. The van der Waals surface area contributed by atoms with E-state index in [0.29, 0.717) is 18.1 Å². The second-order valence-corrected chi connectivity index (χ2v) is 3.71. The number of aromatic amines is 1. The second kappa shape index (κ2) is 4.41. The van der Waals surface area contributed by atoms with Crippen molar-refractivity contribution in [3.63, 3.8) is 0 Å². The molecule has 3 aromatic heterocycles. The van der Waals surface area contributed by atoms with Crippen LogP contribution in [0.15, 0.2) is 24.8 Å². The molecule has 3 rings (SSSR count). The van der Waals surface area contributed by atoms with Crippen molar-refractivity contribution in [2.24, 2.45) is 0 Å². The third kappa shape index (κ3) is 2.00. The van der Waals surface area contributed by atoms with E-state index in [4.69, 9.17) is 5.11 Å². The van der Waals surface area contributed by atoms with Gasteiger partial charge in [-0.2, -0.15) is 15.2 Å². The van der Waals surface area contributed by atoms with Crippen molar-refractivity contribution in [3.05, 3.63) is 24.8 Å². The van der Waals surface area contributed by atoms with Crippen LogP contribution >= 0.6 is 0 Å². The molecule has 92 valence electrons. The Balaban J connectivity index is 1.81. The lowest BCUT2D eigenvalue weighted by molar-refractivity contribution is 0.269. The molecule has 0 spiro atoms. The highest BCUT2D eigenvalue weighted by molar-refractivity contribution is 5.74. The van der Waals surface area contributed by atoms with Crippen molar-refractivity contribution < 1.29 is 5.11 Å². The first kappa shape index (κ1) is 10.7. The van der Waals surface area contributed by atoms with Crippen molar-refractivity contribution in [1.29, 1.82) is 0 Å². The lowest BCUT2D eigenvalue weighted by Gasteiger charge is -2.00. The Morgan fingerprint density at radius 3 is 3.17 bits per heavy atom. The molecule has 3 aromatic rings. The molecule has 8 heteroatoms. The minimum absolute atomic E-state index is 0.0533. The molecule has 0 aliphatic heterocycles. The normalized spacial score (nSPS) is 10.9. The predicted molar refractivity (Wildman–Crippen MR) is 64.3 cm³/mol. The fourth-order valence-electron chi connectivity index (χ4n) is 1.58. The summed E-state index contributed by atoms with van der Waals surface area (Å²) in [7, 11) is 0. The lowest BCUT2D eigenvalue weighted by atomic mass is 10.4. The first-order chi connectivity index (χ1) is 8.85. The molecule has 0 radical (unpaired) electrons. The summed E-state index contributed by atoms with van der Waals surface area (Å²) >= 11 is 0. The van der Waals surface area contributed by atoms with Gasteiger partial charge in [0.1, 0.15) is 0 Å². The van der Waals surface area contributed by atoms with E-state index in [0.717, 1.165) is 11.1 Å². The van der Waals surface area contributed by atoms with Crippen molar-refractivity contribution >= 4 is 22.7 Å². The highest BCUT2D eigenvalue weighted by atomic mass is 16.3. The molecule has 0 saturated heterocycles. The number of nitrogens with zero attached hydrogens (tertiary/aromatic N) is 5. The van der Waals surface area contributed by atoms with Gasteiger partial charge in [0.2, 0.25) is 5.95 Å². The second-order valence-electron chi connectivity index (χ2n) is 3.71. The van der Waals surface area contributed by atoms with E-state index in [1.807, 2.05) is 0 Å². The Morgan fingerprint density at radius 1 is 1.33 bits per heavy atom. The lowest BCUT2D eigenvalue weighted by Crippen LogP contribution is -2.01. The van der Waals surface area contributed by atoms with Gasteiger partial charge in [0, 0.05) is 12.4 Å². The van der Waals surface area contributed by atoms with E-state index in [9.17, 15) is 0 Å². The van der Waals surface area contributed by atoms with Gasteiger partial charge in [0.15, 0.2) is 5.65 Å². The maximum atomic E-state index is 8.80. The summed E-state index contributed by atoms with van der Waals surface area (Å²) in [6.45, 7) is 0.514. The predicted octanol–water partition coefficient (Wildman–Crippen LogP) is 0.285. The number of anilines is 2. The Morgan fingerprint density at radius 2 is 2.28 bits per heavy atom. The molecule has 0 saturated carbocycles. The van der Waals surface area contributed by atoms with E-state index >= 15 is 0 Å². The summed E-state index contributed by atoms with van der Waals surface area (Å²) < 4.78 is 1.64. The number of aliphatic hydroxyl groups is 1. The summed E-state index contributed by atoms with van der Waals surface area (Å²) in [6, 6.07) is 0. The molecule has 0 amide bonds. The zero-order valence-electron chi connectivity index (χ0n) is 9.41. The van der Waals surface area contributed by atoms with Crippen LogP contribution in [0.2, 0.25) is 0 Å². The Bertz CT molecular complexity index is 659. The van der Waals surface area contributed by atoms with Gasteiger partial charge in [-0.3, -0.25) is 9.78 Å². The summed E-state index contributed by atoms with van der Waals surface area (Å²) in [6.07, 6.45) is 6.78. The average Bonchev–Trinajstić information content (AvgIpc) is 2.98. The van der Waals surface area contributed by atoms with E-state index < -0.39 is 0 Å². The molecule has 0 bridgehead atoms. The number of aromatic nitrogens is 6. The summed E-state index contributed by atoms with van der Waals surface area (Å²) in [4.78, 5) is 8.42. The van der Waals surface area contributed by atoms with Gasteiger partial charge >= 0.3 is 0 Å². The molecule has 18 heavy (non-hydrogen) atoms. The van der Waals surface area contributed by atoms with Gasteiger partial charge in [-0.05, 0) is 0 Å². The van der Waals surface area contributed by atoms with Crippen LogP contribution < -0.4 is 5.32 Å². The van der Waals surface area contributed by atoms with E-state index in [-0.39, 0.29) is 6.61 Å². The topological polar surface area (TPSA) is 105 Å². The van der Waals surface area contributed by atoms with Crippen LogP contribution in [0.5, 0.6) is 0 Å². The zero-order valence-corrected chi connectivity index (χ0v) is 9.41. The van der Waals surface area contributed by atoms with Crippen molar-refractivity contribution in [2.45, 2.75) is 6.54 Å². The first-order valence-electron chi connectivity index (χ1n) is 5.41. The number of H-pyrrole nitrogens is 1. The summed E-state index contributed by atoms with van der Waals surface area (Å²) in [5, 5.41) is 23.4. The summed E-state index contributed by atoms with van der Waals surface area (Å²) in [5.74, 6) is 0.468. The van der Waals surface area contributed by atoms with Crippen LogP contribution in [-0.4, -0.2) is 41.7 Å². The number of hydrogen-bond donors (Lipinski definition) is 3. The summed E-state index contributed by atoms with van der Waals surface area (Å²) in [5.41, 5.74) is 1.44. The first-order valence-corrected chi connectivity index (χ1v) is 5.41. The number of rotatable bonds is 4. The maximum absolute atomic E-state index is 8.80. The molecule has 0 aliphatic carbocycles. The number of nitrogens with one attached hydrogen (secondary N) is 2. The van der Waals surface area contributed by atoms with Crippen LogP contribution in [0.1, 0.15) is 0 Å². The fourth-order valence-corrected chi connectivity index (χ4v) is 1.58. The minimum Gasteiger partial charge on any atom is -0.394 e. The molecular weight excluding hydrogens is 234 g/mol. The quantitative estimate of drug-likeness (QED) is 0.610. The SMILES string of the molecule is OCCn1cc(Nc2ncc3cn[nH]c3n2)cn1. The van der Waals surface area contributed by atoms with Crippen molar-refractivity contribution in [3.8, 4) is 0 Å². The average molecular weight is 245 g/mol. The minimum atomic E-state index is 0.0533. The number of hydrogen-bond acceptors (Lipinski definition) is 6. The van der Waals surface area contributed by atoms with Crippen LogP contribution in [0, 0.1) is 0 Å². The third-order valence-corrected chi connectivity index (χ3v) is 2.41. The number of fused-ring (bicyclic) bond motifs is 1. The van der Waals surface area contributed by atoms with E-state index in [2.05, 4.69) is 30.6 Å². The van der Waals surface area contributed by atoms with Gasteiger partial charge in [-0.1, -0.05) is 0 Å². The van der Waals surface area contributed by atoms with Crippen molar-refractivity contribution in [1.82, 2.24) is 29.9 Å². The molecule has 0 atom stereocenters. The Kier molecular flexibility index (Phi) is 2.61. The van der Waals surface area contributed by atoms with Gasteiger partial charge in [-0.25, -0.2) is 4.98 Å². The van der Waals surface area contributed by atoms with Gasteiger partial charge in [-0.15, -0.1) is 0 Å². The molecule has 8 nitrogen and oxygen atoms in total. The molecule has 3 heterocycles. The van der Waals surface area contributed by atoms with E-state index in [1.54, 1.807) is 29.5 Å². The van der Waals surface area contributed by atoms with Gasteiger partial charge in [0.05, 0.1) is 36.6 Å².